The van der Waals surface area contributed by atoms with Gasteiger partial charge in [-0.25, -0.2) is 14.4 Å². The van der Waals surface area contributed by atoms with Gasteiger partial charge in [0.15, 0.2) is 5.15 Å². The summed E-state index contributed by atoms with van der Waals surface area (Å²) in [7, 11) is 1.48. The van der Waals surface area contributed by atoms with E-state index >= 15 is 0 Å². The molecule has 0 aliphatic carbocycles. The number of rotatable bonds is 2. The van der Waals surface area contributed by atoms with E-state index in [0.29, 0.717) is 17.0 Å². The zero-order valence-corrected chi connectivity index (χ0v) is 11.0. The molecule has 2 aromatic rings. The average molecular weight is 267 g/mol. The van der Waals surface area contributed by atoms with Gasteiger partial charge in [-0.1, -0.05) is 11.6 Å². The van der Waals surface area contributed by atoms with Crippen LogP contribution < -0.4 is 4.74 Å². The maximum Gasteiger partial charge on any atom is 0.155 e. The third-order valence-corrected chi connectivity index (χ3v) is 2.96. The van der Waals surface area contributed by atoms with Crippen molar-refractivity contribution < 1.29 is 9.13 Å². The molecule has 0 amide bonds. The zero-order chi connectivity index (χ0) is 13.3. The standard InChI is InChI=1S/C13H12ClFN2O/c1-7-8(2)17-13(14)12(16-7)10-5-4-9(18-3)6-11(10)15/h4-6H,1-3H3. The average Bonchev–Trinajstić information content (AvgIpc) is 2.34. The minimum absolute atomic E-state index is 0.196. The van der Waals surface area contributed by atoms with Crippen molar-refractivity contribution in [2.75, 3.05) is 7.11 Å². The van der Waals surface area contributed by atoms with Crippen LogP contribution in [0.3, 0.4) is 0 Å². The highest BCUT2D eigenvalue weighted by Crippen LogP contribution is 2.29. The summed E-state index contributed by atoms with van der Waals surface area (Å²) in [6.45, 7) is 3.62. The van der Waals surface area contributed by atoms with Gasteiger partial charge in [-0.2, -0.15) is 0 Å². The number of hydrogen-bond acceptors (Lipinski definition) is 3. The summed E-state index contributed by atoms with van der Waals surface area (Å²) in [4.78, 5) is 8.42. The summed E-state index contributed by atoms with van der Waals surface area (Å²) >= 11 is 6.01. The first-order valence-electron chi connectivity index (χ1n) is 5.37. The first-order valence-corrected chi connectivity index (χ1v) is 5.75. The molecule has 0 bridgehead atoms. The summed E-state index contributed by atoms with van der Waals surface area (Å²) < 4.78 is 18.9. The van der Waals surface area contributed by atoms with Gasteiger partial charge >= 0.3 is 0 Å². The lowest BCUT2D eigenvalue weighted by atomic mass is 10.1. The number of aromatic nitrogens is 2. The molecule has 0 saturated carbocycles. The van der Waals surface area contributed by atoms with Crippen molar-refractivity contribution >= 4 is 11.6 Å². The van der Waals surface area contributed by atoms with Gasteiger partial charge in [0.25, 0.3) is 0 Å². The minimum Gasteiger partial charge on any atom is -0.497 e. The van der Waals surface area contributed by atoms with Gasteiger partial charge in [0.05, 0.1) is 18.5 Å². The topological polar surface area (TPSA) is 35.0 Å². The molecule has 0 unspecified atom stereocenters. The van der Waals surface area contributed by atoms with Crippen LogP contribution in [0.4, 0.5) is 4.39 Å². The maximum atomic E-state index is 13.9. The van der Waals surface area contributed by atoms with E-state index in [2.05, 4.69) is 9.97 Å². The highest BCUT2D eigenvalue weighted by atomic mass is 35.5. The SMILES string of the molecule is COc1ccc(-c2nc(C)c(C)nc2Cl)c(F)c1. The fraction of sp³-hybridized carbons (Fsp3) is 0.231. The Morgan fingerprint density at radius 1 is 1.17 bits per heavy atom. The molecule has 0 N–H and O–H groups in total. The molecule has 0 aliphatic heterocycles. The van der Waals surface area contributed by atoms with Crippen molar-refractivity contribution in [1.29, 1.82) is 0 Å². The Balaban J connectivity index is 2.58. The second kappa shape index (κ2) is 4.90. The number of nitrogens with zero attached hydrogens (tertiary/aromatic N) is 2. The molecule has 1 heterocycles. The molecule has 1 aromatic carbocycles. The van der Waals surface area contributed by atoms with Gasteiger partial charge in [-0.05, 0) is 26.0 Å². The van der Waals surface area contributed by atoms with Crippen molar-refractivity contribution in [3.05, 3.63) is 40.6 Å². The quantitative estimate of drug-likeness (QED) is 0.834. The van der Waals surface area contributed by atoms with E-state index in [1.54, 1.807) is 12.1 Å². The fourth-order valence-corrected chi connectivity index (χ4v) is 1.83. The monoisotopic (exact) mass is 266 g/mol. The van der Waals surface area contributed by atoms with Crippen LogP contribution in [0.5, 0.6) is 5.75 Å². The zero-order valence-electron chi connectivity index (χ0n) is 10.3. The second-order valence-electron chi connectivity index (χ2n) is 3.88. The third-order valence-electron chi connectivity index (χ3n) is 2.70. The number of methoxy groups -OCH3 is 1. The molecule has 94 valence electrons. The molecule has 3 nitrogen and oxygen atoms in total. The van der Waals surface area contributed by atoms with Gasteiger partial charge < -0.3 is 4.74 Å². The minimum atomic E-state index is -0.436. The maximum absolute atomic E-state index is 13.9. The molecule has 1 aromatic heterocycles. The normalized spacial score (nSPS) is 10.5. The van der Waals surface area contributed by atoms with Crippen molar-refractivity contribution in [3.8, 4) is 17.0 Å². The molecule has 0 aliphatic rings. The van der Waals surface area contributed by atoms with Gasteiger partial charge in [0.2, 0.25) is 0 Å². The third kappa shape index (κ3) is 2.29. The lowest BCUT2D eigenvalue weighted by Crippen LogP contribution is -1.98. The van der Waals surface area contributed by atoms with Gasteiger partial charge in [0, 0.05) is 11.6 Å². The van der Waals surface area contributed by atoms with Crippen molar-refractivity contribution in [1.82, 2.24) is 9.97 Å². The van der Waals surface area contributed by atoms with Crippen LogP contribution in [0.25, 0.3) is 11.3 Å². The smallest absolute Gasteiger partial charge is 0.155 e. The summed E-state index contributed by atoms with van der Waals surface area (Å²) in [5, 5.41) is 0.196. The summed E-state index contributed by atoms with van der Waals surface area (Å²) in [5.74, 6) is 0.0120. The van der Waals surface area contributed by atoms with E-state index < -0.39 is 5.82 Å². The Morgan fingerprint density at radius 2 is 1.83 bits per heavy atom. The second-order valence-corrected chi connectivity index (χ2v) is 4.24. The molecule has 0 spiro atoms. The van der Waals surface area contributed by atoms with Crippen LogP contribution in [-0.4, -0.2) is 17.1 Å². The summed E-state index contributed by atoms with van der Waals surface area (Å²) in [5.41, 5.74) is 2.12. The highest BCUT2D eigenvalue weighted by Gasteiger charge is 2.14. The fourth-order valence-electron chi connectivity index (χ4n) is 1.56. The van der Waals surface area contributed by atoms with Crippen LogP contribution in [0.1, 0.15) is 11.4 Å². The van der Waals surface area contributed by atoms with E-state index in [4.69, 9.17) is 16.3 Å². The first-order chi connectivity index (χ1) is 8.52. The summed E-state index contributed by atoms with van der Waals surface area (Å²) in [6.07, 6.45) is 0. The Morgan fingerprint density at radius 3 is 2.44 bits per heavy atom. The van der Waals surface area contributed by atoms with Crippen LogP contribution in [0, 0.1) is 19.7 Å². The van der Waals surface area contributed by atoms with E-state index in [1.165, 1.54) is 13.2 Å². The first kappa shape index (κ1) is 12.8. The van der Waals surface area contributed by atoms with Crippen molar-refractivity contribution in [2.45, 2.75) is 13.8 Å². The molecule has 5 heteroatoms. The van der Waals surface area contributed by atoms with Crippen LogP contribution >= 0.6 is 11.6 Å². The molecular formula is C13H12ClFN2O. The molecule has 0 radical (unpaired) electrons. The van der Waals surface area contributed by atoms with E-state index in [0.717, 1.165) is 11.4 Å². The Kier molecular flexibility index (Phi) is 3.48. The summed E-state index contributed by atoms with van der Waals surface area (Å²) in [6, 6.07) is 4.53. The molecular weight excluding hydrogens is 255 g/mol. The lowest BCUT2D eigenvalue weighted by Gasteiger charge is -2.08. The Hall–Kier alpha value is -1.68. The number of halogens is 2. The van der Waals surface area contributed by atoms with Crippen LogP contribution in [-0.2, 0) is 0 Å². The largest absolute Gasteiger partial charge is 0.497 e. The Labute approximate surface area is 110 Å². The van der Waals surface area contributed by atoms with Gasteiger partial charge in [-0.3, -0.25) is 0 Å². The molecule has 2 rings (SSSR count). The highest BCUT2D eigenvalue weighted by molar-refractivity contribution is 6.31. The van der Waals surface area contributed by atoms with Crippen LogP contribution in [0.15, 0.2) is 18.2 Å². The predicted molar refractivity (Wildman–Crippen MR) is 68.5 cm³/mol. The van der Waals surface area contributed by atoms with Gasteiger partial charge in [0.1, 0.15) is 17.3 Å². The molecule has 18 heavy (non-hydrogen) atoms. The number of benzene rings is 1. The van der Waals surface area contributed by atoms with Crippen molar-refractivity contribution in [3.63, 3.8) is 0 Å². The number of aryl methyl sites for hydroxylation is 2. The lowest BCUT2D eigenvalue weighted by molar-refractivity contribution is 0.411. The molecule has 0 saturated heterocycles. The van der Waals surface area contributed by atoms with Gasteiger partial charge in [-0.15, -0.1) is 0 Å². The van der Waals surface area contributed by atoms with Crippen molar-refractivity contribution in [2.24, 2.45) is 0 Å². The van der Waals surface area contributed by atoms with E-state index in [1.807, 2.05) is 13.8 Å². The predicted octanol–water partition coefficient (Wildman–Crippen LogP) is 3.56. The Bertz CT molecular complexity index is 602. The molecule has 0 atom stereocenters. The number of hydrogen-bond donors (Lipinski definition) is 0. The van der Waals surface area contributed by atoms with E-state index in [-0.39, 0.29) is 5.15 Å². The molecule has 0 fully saturated rings. The number of ether oxygens (including phenoxy) is 1. The van der Waals surface area contributed by atoms with E-state index in [9.17, 15) is 4.39 Å². The van der Waals surface area contributed by atoms with Crippen LogP contribution in [0.2, 0.25) is 5.15 Å².